The molecule has 2 aromatic rings. The zero-order chi connectivity index (χ0) is 15.9. The van der Waals surface area contributed by atoms with Gasteiger partial charge in [0.1, 0.15) is 5.75 Å². The van der Waals surface area contributed by atoms with E-state index in [1.54, 1.807) is 11.3 Å². The third-order valence-corrected chi connectivity index (χ3v) is 4.41. The van der Waals surface area contributed by atoms with Crippen LogP contribution in [-0.4, -0.2) is 12.5 Å². The van der Waals surface area contributed by atoms with Crippen LogP contribution in [0.5, 0.6) is 5.75 Å². The third kappa shape index (κ3) is 4.88. The van der Waals surface area contributed by atoms with Crippen molar-refractivity contribution in [1.82, 2.24) is 5.32 Å². The Morgan fingerprint density at radius 1 is 1.23 bits per heavy atom. The Bertz CT molecular complexity index is 576. The number of hydrogen-bond acceptors (Lipinski definition) is 3. The van der Waals surface area contributed by atoms with E-state index in [-0.39, 0.29) is 11.9 Å². The summed E-state index contributed by atoms with van der Waals surface area (Å²) in [5.41, 5.74) is 1.20. The maximum absolute atomic E-state index is 12.1. The first-order valence-electron chi connectivity index (χ1n) is 7.58. The van der Waals surface area contributed by atoms with Crippen LogP contribution in [0.3, 0.4) is 0 Å². The van der Waals surface area contributed by atoms with Crippen LogP contribution < -0.4 is 10.1 Å². The zero-order valence-electron chi connectivity index (χ0n) is 13.3. The van der Waals surface area contributed by atoms with Gasteiger partial charge >= 0.3 is 0 Å². The van der Waals surface area contributed by atoms with Gasteiger partial charge in [0.05, 0.1) is 19.1 Å². The van der Waals surface area contributed by atoms with Gasteiger partial charge in [0.2, 0.25) is 5.91 Å². The molecule has 1 aromatic heterocycles. The van der Waals surface area contributed by atoms with Gasteiger partial charge in [-0.05, 0) is 36.4 Å². The molecule has 0 aliphatic carbocycles. The van der Waals surface area contributed by atoms with Gasteiger partial charge in [-0.1, -0.05) is 37.6 Å². The number of thiophene rings is 1. The first-order chi connectivity index (χ1) is 10.6. The minimum atomic E-state index is 0.0270. The van der Waals surface area contributed by atoms with Crippen LogP contribution in [0, 0.1) is 12.8 Å². The average Bonchev–Trinajstić information content (AvgIpc) is 3.00. The Balaban J connectivity index is 1.80. The number of aryl methyl sites for hydroxylation is 1. The molecule has 22 heavy (non-hydrogen) atoms. The van der Waals surface area contributed by atoms with Crippen molar-refractivity contribution in [3.63, 3.8) is 0 Å². The number of carbonyl (C=O) groups excluding carboxylic acids is 1. The predicted molar refractivity (Wildman–Crippen MR) is 91.3 cm³/mol. The molecule has 0 saturated heterocycles. The van der Waals surface area contributed by atoms with Crippen LogP contribution in [0.25, 0.3) is 0 Å². The fraction of sp³-hybridized carbons (Fsp3) is 0.389. The Labute approximate surface area is 136 Å². The molecule has 1 atom stereocenters. The standard InChI is InChI=1S/C18H23NO2S/c1-13(2)18(16-5-4-12-22-16)19-17(20)10-11-21-15-8-6-14(3)7-9-15/h4-9,12-13,18H,10-11H2,1-3H3,(H,19,20)/t18-/m1/s1. The van der Waals surface area contributed by atoms with Gasteiger partial charge in [0, 0.05) is 4.88 Å². The highest BCUT2D eigenvalue weighted by Gasteiger charge is 2.18. The monoisotopic (exact) mass is 317 g/mol. The maximum atomic E-state index is 12.1. The molecule has 0 bridgehead atoms. The maximum Gasteiger partial charge on any atom is 0.223 e. The smallest absolute Gasteiger partial charge is 0.223 e. The number of hydrogen-bond donors (Lipinski definition) is 1. The van der Waals surface area contributed by atoms with E-state index in [2.05, 4.69) is 25.2 Å². The van der Waals surface area contributed by atoms with Crippen molar-refractivity contribution in [3.8, 4) is 5.75 Å². The Kier molecular flexibility index (Phi) is 6.01. The van der Waals surface area contributed by atoms with Crippen LogP contribution in [0.2, 0.25) is 0 Å². The van der Waals surface area contributed by atoms with Crippen LogP contribution in [0.1, 0.15) is 36.8 Å². The molecule has 2 rings (SSSR count). The molecule has 0 aliphatic heterocycles. The molecule has 1 heterocycles. The second-order valence-electron chi connectivity index (χ2n) is 5.72. The summed E-state index contributed by atoms with van der Waals surface area (Å²) in [4.78, 5) is 13.3. The van der Waals surface area contributed by atoms with E-state index in [1.807, 2.05) is 42.6 Å². The number of amides is 1. The average molecular weight is 317 g/mol. The zero-order valence-corrected chi connectivity index (χ0v) is 14.2. The first kappa shape index (κ1) is 16.6. The number of benzene rings is 1. The molecule has 0 aliphatic rings. The third-order valence-electron chi connectivity index (χ3n) is 3.45. The second kappa shape index (κ2) is 7.99. The van der Waals surface area contributed by atoms with Gasteiger partial charge in [-0.15, -0.1) is 11.3 Å². The number of carbonyl (C=O) groups is 1. The van der Waals surface area contributed by atoms with Crippen molar-refractivity contribution in [3.05, 3.63) is 52.2 Å². The van der Waals surface area contributed by atoms with Crippen LogP contribution >= 0.6 is 11.3 Å². The molecule has 0 unspecified atom stereocenters. The Morgan fingerprint density at radius 3 is 2.55 bits per heavy atom. The molecular weight excluding hydrogens is 294 g/mol. The minimum absolute atomic E-state index is 0.0270. The lowest BCUT2D eigenvalue weighted by atomic mass is 10.0. The highest BCUT2D eigenvalue weighted by atomic mass is 32.1. The normalized spacial score (nSPS) is 12.2. The van der Waals surface area contributed by atoms with Crippen LogP contribution in [0.4, 0.5) is 0 Å². The lowest BCUT2D eigenvalue weighted by molar-refractivity contribution is -0.122. The summed E-state index contributed by atoms with van der Waals surface area (Å²) in [5, 5.41) is 5.14. The minimum Gasteiger partial charge on any atom is -0.493 e. The molecule has 0 spiro atoms. The number of ether oxygens (including phenoxy) is 1. The second-order valence-corrected chi connectivity index (χ2v) is 6.70. The number of rotatable bonds is 7. The van der Waals surface area contributed by atoms with Crippen molar-refractivity contribution in [2.45, 2.75) is 33.2 Å². The molecule has 0 fully saturated rings. The van der Waals surface area contributed by atoms with Gasteiger partial charge in [0.15, 0.2) is 0 Å². The van der Waals surface area contributed by atoms with Gasteiger partial charge < -0.3 is 10.1 Å². The van der Waals surface area contributed by atoms with Crippen molar-refractivity contribution < 1.29 is 9.53 Å². The van der Waals surface area contributed by atoms with E-state index in [0.717, 1.165) is 5.75 Å². The molecule has 1 amide bonds. The molecule has 4 heteroatoms. The van der Waals surface area contributed by atoms with Gasteiger partial charge in [-0.3, -0.25) is 4.79 Å². The fourth-order valence-corrected chi connectivity index (χ4v) is 3.13. The summed E-state index contributed by atoms with van der Waals surface area (Å²) >= 11 is 1.68. The van der Waals surface area contributed by atoms with Crippen LogP contribution in [-0.2, 0) is 4.79 Å². The molecule has 0 radical (unpaired) electrons. The molecule has 1 N–H and O–H groups in total. The summed E-state index contributed by atoms with van der Waals surface area (Å²) in [5.74, 6) is 1.19. The topological polar surface area (TPSA) is 38.3 Å². The number of nitrogens with one attached hydrogen (secondary N) is 1. The highest BCUT2D eigenvalue weighted by molar-refractivity contribution is 7.10. The summed E-state index contributed by atoms with van der Waals surface area (Å²) in [7, 11) is 0. The quantitative estimate of drug-likeness (QED) is 0.825. The van der Waals surface area contributed by atoms with Crippen LogP contribution in [0.15, 0.2) is 41.8 Å². The largest absolute Gasteiger partial charge is 0.493 e. The summed E-state index contributed by atoms with van der Waals surface area (Å²) in [6.45, 7) is 6.67. The van der Waals surface area contributed by atoms with E-state index in [1.165, 1.54) is 10.4 Å². The van der Waals surface area contributed by atoms with E-state index >= 15 is 0 Å². The van der Waals surface area contributed by atoms with E-state index < -0.39 is 0 Å². The predicted octanol–water partition coefficient (Wildman–Crippen LogP) is 4.34. The van der Waals surface area contributed by atoms with Gasteiger partial charge in [-0.25, -0.2) is 0 Å². The lowest BCUT2D eigenvalue weighted by Crippen LogP contribution is -2.32. The van der Waals surface area contributed by atoms with E-state index in [0.29, 0.717) is 18.9 Å². The molecule has 1 aromatic carbocycles. The van der Waals surface area contributed by atoms with E-state index in [9.17, 15) is 4.79 Å². The molecular formula is C18H23NO2S. The first-order valence-corrected chi connectivity index (χ1v) is 8.46. The van der Waals surface area contributed by atoms with Crippen molar-refractivity contribution in [1.29, 1.82) is 0 Å². The van der Waals surface area contributed by atoms with Crippen molar-refractivity contribution >= 4 is 17.2 Å². The lowest BCUT2D eigenvalue weighted by Gasteiger charge is -2.21. The summed E-state index contributed by atoms with van der Waals surface area (Å²) in [6, 6.07) is 12.0. The highest BCUT2D eigenvalue weighted by Crippen LogP contribution is 2.25. The molecule has 118 valence electrons. The Hall–Kier alpha value is -1.81. The summed E-state index contributed by atoms with van der Waals surface area (Å²) < 4.78 is 5.61. The molecule has 0 saturated carbocycles. The van der Waals surface area contributed by atoms with Crippen molar-refractivity contribution in [2.75, 3.05) is 6.61 Å². The SMILES string of the molecule is Cc1ccc(OCCC(=O)N[C@@H](c2cccs2)C(C)C)cc1. The summed E-state index contributed by atoms with van der Waals surface area (Å²) in [6.07, 6.45) is 0.364. The van der Waals surface area contributed by atoms with Gasteiger partial charge in [0.25, 0.3) is 0 Å². The van der Waals surface area contributed by atoms with Gasteiger partial charge in [-0.2, -0.15) is 0 Å². The van der Waals surface area contributed by atoms with Crippen molar-refractivity contribution in [2.24, 2.45) is 5.92 Å². The van der Waals surface area contributed by atoms with E-state index in [4.69, 9.17) is 4.74 Å². The molecule has 3 nitrogen and oxygen atoms in total. The Morgan fingerprint density at radius 2 is 1.95 bits per heavy atom. The fourth-order valence-electron chi connectivity index (χ4n) is 2.18.